The van der Waals surface area contributed by atoms with Crippen LogP contribution in [0.1, 0.15) is 40.0 Å². The monoisotopic (exact) mass is 374 g/mol. The van der Waals surface area contributed by atoms with E-state index in [0.717, 1.165) is 16.7 Å². The van der Waals surface area contributed by atoms with Crippen LogP contribution in [0.5, 0.6) is 0 Å². The molecule has 0 aliphatic carbocycles. The number of benzene rings is 2. The van der Waals surface area contributed by atoms with Gasteiger partial charge in [0.1, 0.15) is 6.54 Å². The highest BCUT2D eigenvalue weighted by Crippen LogP contribution is 2.25. The summed E-state index contributed by atoms with van der Waals surface area (Å²) in [6, 6.07) is 19.2. The number of hydrogen-bond acceptors (Lipinski definition) is 3. The number of carbonyl (C=O) groups is 2. The van der Waals surface area contributed by atoms with E-state index in [0.29, 0.717) is 18.7 Å². The van der Waals surface area contributed by atoms with Gasteiger partial charge >= 0.3 is 0 Å². The quantitative estimate of drug-likeness (QED) is 0.655. The van der Waals surface area contributed by atoms with Crippen LogP contribution in [0.15, 0.2) is 77.6 Å². The Hall–Kier alpha value is -3.34. The van der Waals surface area contributed by atoms with Crippen LogP contribution < -0.4 is 0 Å². The molecule has 142 valence electrons. The highest BCUT2D eigenvalue weighted by Gasteiger charge is 2.31. The van der Waals surface area contributed by atoms with Crippen LogP contribution in [-0.2, 0) is 17.9 Å². The molecule has 3 aromatic rings. The van der Waals surface area contributed by atoms with Crippen LogP contribution in [0, 0.1) is 0 Å². The first-order valence-electron chi connectivity index (χ1n) is 9.36. The molecule has 2 aromatic carbocycles. The lowest BCUT2D eigenvalue weighted by molar-refractivity contribution is -0.134. The van der Waals surface area contributed by atoms with Gasteiger partial charge in [0.25, 0.3) is 5.91 Å². The molecule has 0 saturated heterocycles. The number of amides is 2. The molecule has 1 aliphatic rings. The summed E-state index contributed by atoms with van der Waals surface area (Å²) in [7, 11) is 0. The van der Waals surface area contributed by atoms with Gasteiger partial charge in [0.2, 0.25) is 5.91 Å². The van der Waals surface area contributed by atoms with E-state index in [9.17, 15) is 9.59 Å². The molecular formula is C23H22N2O3. The molecule has 5 nitrogen and oxygen atoms in total. The molecule has 0 saturated carbocycles. The van der Waals surface area contributed by atoms with Gasteiger partial charge in [-0.2, -0.15) is 0 Å². The molecule has 1 aromatic heterocycles. The second kappa shape index (κ2) is 7.72. The number of nitrogens with zero attached hydrogens (tertiary/aromatic N) is 2. The minimum atomic E-state index is -0.122. The van der Waals surface area contributed by atoms with E-state index in [1.54, 1.807) is 22.3 Å². The minimum absolute atomic E-state index is 0.0581. The van der Waals surface area contributed by atoms with Gasteiger partial charge in [-0.15, -0.1) is 0 Å². The van der Waals surface area contributed by atoms with Gasteiger partial charge in [-0.25, -0.2) is 0 Å². The van der Waals surface area contributed by atoms with Gasteiger partial charge in [0, 0.05) is 24.2 Å². The summed E-state index contributed by atoms with van der Waals surface area (Å²) in [6.07, 6.45) is 3.25. The topological polar surface area (TPSA) is 53.8 Å². The van der Waals surface area contributed by atoms with Gasteiger partial charge in [0.15, 0.2) is 0 Å². The summed E-state index contributed by atoms with van der Waals surface area (Å²) in [5, 5.41) is 0. The van der Waals surface area contributed by atoms with Gasteiger partial charge in [-0.3, -0.25) is 9.59 Å². The van der Waals surface area contributed by atoms with Crippen LogP contribution in [0.3, 0.4) is 0 Å². The maximum absolute atomic E-state index is 13.2. The Morgan fingerprint density at radius 2 is 1.86 bits per heavy atom. The standard InChI is InChI=1S/C23H22N2O3/c1-17(19-7-3-2-4-8-19)25(13-18-11-12-28-16-18)22(26)15-24-14-20-9-5-6-10-21(20)23(24)27/h2-12,16-17H,13-15H2,1H3. The molecule has 2 heterocycles. The fraction of sp³-hybridized carbons (Fsp3) is 0.217. The average Bonchev–Trinajstić information content (AvgIpc) is 3.35. The lowest BCUT2D eigenvalue weighted by Gasteiger charge is -2.31. The first-order chi connectivity index (χ1) is 13.6. The van der Waals surface area contributed by atoms with Crippen molar-refractivity contribution in [1.29, 1.82) is 0 Å². The maximum atomic E-state index is 13.2. The second-order valence-electron chi connectivity index (χ2n) is 7.06. The number of rotatable bonds is 6. The molecule has 0 radical (unpaired) electrons. The summed E-state index contributed by atoms with van der Waals surface area (Å²) < 4.78 is 5.17. The number of fused-ring (bicyclic) bond motifs is 1. The van der Waals surface area contributed by atoms with Gasteiger partial charge in [-0.1, -0.05) is 48.5 Å². The Bertz CT molecular complexity index is 967. The molecule has 0 spiro atoms. The van der Waals surface area contributed by atoms with E-state index in [4.69, 9.17) is 4.42 Å². The van der Waals surface area contributed by atoms with Crippen molar-refractivity contribution in [3.8, 4) is 0 Å². The molecule has 1 aliphatic heterocycles. The molecule has 28 heavy (non-hydrogen) atoms. The summed E-state index contributed by atoms with van der Waals surface area (Å²) in [5.74, 6) is -0.168. The van der Waals surface area contributed by atoms with E-state index in [2.05, 4.69) is 0 Å². The van der Waals surface area contributed by atoms with Crippen molar-refractivity contribution < 1.29 is 14.0 Å². The van der Waals surface area contributed by atoms with Crippen molar-refractivity contribution in [1.82, 2.24) is 9.80 Å². The normalized spacial score (nSPS) is 14.0. The largest absolute Gasteiger partial charge is 0.472 e. The van der Waals surface area contributed by atoms with Crippen molar-refractivity contribution in [2.75, 3.05) is 6.54 Å². The Morgan fingerprint density at radius 1 is 1.11 bits per heavy atom. The molecule has 0 N–H and O–H groups in total. The van der Waals surface area contributed by atoms with E-state index in [-0.39, 0.29) is 24.4 Å². The molecule has 0 bridgehead atoms. The Kier molecular flexibility index (Phi) is 4.98. The molecule has 4 rings (SSSR count). The third-order valence-corrected chi connectivity index (χ3v) is 5.23. The predicted molar refractivity (Wildman–Crippen MR) is 105 cm³/mol. The van der Waals surface area contributed by atoms with E-state index < -0.39 is 0 Å². The van der Waals surface area contributed by atoms with Crippen LogP contribution >= 0.6 is 0 Å². The van der Waals surface area contributed by atoms with Crippen molar-refractivity contribution in [3.63, 3.8) is 0 Å². The predicted octanol–water partition coefficient (Wildman–Crippen LogP) is 4.03. The average molecular weight is 374 g/mol. The maximum Gasteiger partial charge on any atom is 0.254 e. The zero-order valence-corrected chi connectivity index (χ0v) is 15.7. The highest BCUT2D eigenvalue weighted by atomic mass is 16.3. The van der Waals surface area contributed by atoms with E-state index >= 15 is 0 Å². The highest BCUT2D eigenvalue weighted by molar-refractivity contribution is 6.00. The SMILES string of the molecule is CC(c1ccccc1)N(Cc1ccoc1)C(=O)CN1Cc2ccccc2C1=O. The smallest absolute Gasteiger partial charge is 0.254 e. The number of carbonyl (C=O) groups excluding carboxylic acids is 2. The zero-order valence-electron chi connectivity index (χ0n) is 15.7. The molecule has 1 unspecified atom stereocenters. The van der Waals surface area contributed by atoms with Gasteiger partial charge in [0.05, 0.1) is 18.6 Å². The summed E-state index contributed by atoms with van der Waals surface area (Å²) in [6.45, 7) is 2.97. The zero-order chi connectivity index (χ0) is 19.5. The Balaban J connectivity index is 1.54. The molecule has 5 heteroatoms. The van der Waals surface area contributed by atoms with Gasteiger partial charge < -0.3 is 14.2 Å². The Labute approximate surface area is 164 Å². The summed E-state index contributed by atoms with van der Waals surface area (Å²) >= 11 is 0. The van der Waals surface area contributed by atoms with E-state index in [1.807, 2.05) is 67.6 Å². The first kappa shape index (κ1) is 18.0. The summed E-state index contributed by atoms with van der Waals surface area (Å²) in [4.78, 5) is 29.3. The van der Waals surface area contributed by atoms with Crippen molar-refractivity contribution in [2.45, 2.75) is 26.1 Å². The van der Waals surface area contributed by atoms with Crippen LogP contribution in [-0.4, -0.2) is 28.2 Å². The molecule has 2 amide bonds. The molecule has 0 fully saturated rings. The van der Waals surface area contributed by atoms with Crippen molar-refractivity contribution in [3.05, 3.63) is 95.4 Å². The Morgan fingerprint density at radius 3 is 2.57 bits per heavy atom. The fourth-order valence-corrected chi connectivity index (χ4v) is 3.63. The number of furan rings is 1. The van der Waals surface area contributed by atoms with Crippen LogP contribution in [0.4, 0.5) is 0 Å². The number of hydrogen-bond donors (Lipinski definition) is 0. The molecule has 1 atom stereocenters. The second-order valence-corrected chi connectivity index (χ2v) is 7.06. The van der Waals surface area contributed by atoms with Crippen molar-refractivity contribution >= 4 is 11.8 Å². The lowest BCUT2D eigenvalue weighted by Crippen LogP contribution is -2.41. The fourth-order valence-electron chi connectivity index (χ4n) is 3.63. The van der Waals surface area contributed by atoms with Crippen LogP contribution in [0.25, 0.3) is 0 Å². The molecular weight excluding hydrogens is 352 g/mol. The third-order valence-electron chi connectivity index (χ3n) is 5.23. The van der Waals surface area contributed by atoms with Crippen LogP contribution in [0.2, 0.25) is 0 Å². The summed E-state index contributed by atoms with van der Waals surface area (Å²) in [5.41, 5.74) is 3.63. The first-order valence-corrected chi connectivity index (χ1v) is 9.36. The minimum Gasteiger partial charge on any atom is -0.472 e. The lowest BCUT2D eigenvalue weighted by atomic mass is 10.1. The van der Waals surface area contributed by atoms with E-state index in [1.165, 1.54) is 0 Å². The third kappa shape index (κ3) is 3.56. The van der Waals surface area contributed by atoms with Crippen molar-refractivity contribution in [2.24, 2.45) is 0 Å². The van der Waals surface area contributed by atoms with Gasteiger partial charge in [-0.05, 0) is 30.2 Å².